The second kappa shape index (κ2) is 10.5. The van der Waals surface area contributed by atoms with E-state index in [1.54, 1.807) is 7.05 Å². The molecule has 1 aliphatic carbocycles. The third-order valence-electron chi connectivity index (χ3n) is 5.35. The van der Waals surface area contributed by atoms with Gasteiger partial charge in [-0.05, 0) is 25.0 Å². The fraction of sp³-hybridized carbons (Fsp3) is 0.632. The molecular weight excluding hydrogens is 512 g/mol. The molecule has 1 heterocycles. The Morgan fingerprint density at radius 2 is 2.00 bits per heavy atom. The zero-order chi connectivity index (χ0) is 19.3. The van der Waals surface area contributed by atoms with E-state index in [4.69, 9.17) is 0 Å². The van der Waals surface area contributed by atoms with Crippen LogP contribution in [-0.4, -0.2) is 62.2 Å². The van der Waals surface area contributed by atoms with E-state index in [2.05, 4.69) is 27.0 Å². The number of aliphatic imine (C=N–C) groups is 1. The fourth-order valence-corrected chi connectivity index (χ4v) is 6.77. The second-order valence-corrected chi connectivity index (χ2v) is 10.9. The summed E-state index contributed by atoms with van der Waals surface area (Å²) in [6, 6.07) is 5.52. The maximum atomic E-state index is 13.8. The molecule has 2 fully saturated rings. The van der Waals surface area contributed by atoms with Gasteiger partial charge < -0.3 is 10.2 Å². The van der Waals surface area contributed by atoms with Crippen molar-refractivity contribution in [3.8, 4) is 0 Å². The van der Waals surface area contributed by atoms with Gasteiger partial charge in [-0.2, -0.15) is 11.8 Å². The van der Waals surface area contributed by atoms with Crippen molar-refractivity contribution in [3.63, 3.8) is 0 Å². The van der Waals surface area contributed by atoms with Gasteiger partial charge in [-0.3, -0.25) is 4.99 Å². The quantitative estimate of drug-likeness (QED) is 0.359. The van der Waals surface area contributed by atoms with E-state index in [0.717, 1.165) is 24.8 Å². The number of halogens is 2. The minimum absolute atomic E-state index is 0. The van der Waals surface area contributed by atoms with E-state index in [0.29, 0.717) is 4.75 Å². The Bertz CT molecular complexity index is 778. The lowest BCUT2D eigenvalue weighted by Gasteiger charge is -2.45. The molecule has 2 aliphatic rings. The number of nitrogens with one attached hydrogen (secondary N) is 1. The predicted molar refractivity (Wildman–Crippen MR) is 125 cm³/mol. The molecule has 1 saturated carbocycles. The summed E-state index contributed by atoms with van der Waals surface area (Å²) in [7, 11) is -1.94. The molecule has 158 valence electrons. The fourth-order valence-electron chi connectivity index (χ4n) is 3.96. The van der Waals surface area contributed by atoms with E-state index in [1.165, 1.54) is 56.4 Å². The Kier molecular flexibility index (Phi) is 8.87. The lowest BCUT2D eigenvalue weighted by molar-refractivity contribution is 0.293. The summed E-state index contributed by atoms with van der Waals surface area (Å²) in [5.74, 6) is 0.938. The van der Waals surface area contributed by atoms with Crippen molar-refractivity contribution in [2.45, 2.75) is 41.7 Å². The van der Waals surface area contributed by atoms with Crippen molar-refractivity contribution in [1.29, 1.82) is 0 Å². The van der Waals surface area contributed by atoms with Crippen LogP contribution in [0.1, 0.15) is 32.1 Å². The van der Waals surface area contributed by atoms with Crippen molar-refractivity contribution in [2.24, 2.45) is 4.99 Å². The van der Waals surface area contributed by atoms with Crippen molar-refractivity contribution in [3.05, 3.63) is 30.1 Å². The van der Waals surface area contributed by atoms with Gasteiger partial charge in [0.2, 0.25) is 0 Å². The first kappa shape index (κ1) is 23.7. The van der Waals surface area contributed by atoms with E-state index in [1.807, 2.05) is 0 Å². The van der Waals surface area contributed by atoms with Gasteiger partial charge in [0.05, 0.1) is 5.75 Å². The molecule has 9 heteroatoms. The Balaban J connectivity index is 0.00000280. The average Bonchev–Trinajstić information content (AvgIpc) is 2.66. The van der Waals surface area contributed by atoms with Crippen molar-refractivity contribution < 1.29 is 12.8 Å². The first-order valence-corrected chi connectivity index (χ1v) is 12.2. The Morgan fingerprint density at radius 1 is 1.29 bits per heavy atom. The maximum absolute atomic E-state index is 13.8. The summed E-state index contributed by atoms with van der Waals surface area (Å²) in [5.41, 5.74) is 0. The number of nitrogens with zero attached hydrogens (tertiary/aromatic N) is 2. The minimum atomic E-state index is -3.67. The van der Waals surface area contributed by atoms with Gasteiger partial charge in [0.15, 0.2) is 15.8 Å². The van der Waals surface area contributed by atoms with E-state index < -0.39 is 15.7 Å². The van der Waals surface area contributed by atoms with Crippen LogP contribution in [-0.2, 0) is 9.84 Å². The molecular formula is C19H29FIN3O2S2. The molecule has 1 N–H and O–H groups in total. The van der Waals surface area contributed by atoms with Crippen LogP contribution in [0.3, 0.4) is 0 Å². The molecule has 0 radical (unpaired) electrons. The summed E-state index contributed by atoms with van der Waals surface area (Å²) in [5, 5.41) is 3.17. The molecule has 5 nitrogen and oxygen atoms in total. The van der Waals surface area contributed by atoms with Crippen LogP contribution < -0.4 is 5.32 Å². The largest absolute Gasteiger partial charge is 0.355 e. The highest BCUT2D eigenvalue weighted by molar-refractivity contribution is 14.0. The van der Waals surface area contributed by atoms with Crippen LogP contribution in [0.2, 0.25) is 0 Å². The van der Waals surface area contributed by atoms with Gasteiger partial charge in [0.1, 0.15) is 10.7 Å². The van der Waals surface area contributed by atoms with Crippen molar-refractivity contribution in [2.75, 3.05) is 38.2 Å². The summed E-state index contributed by atoms with van der Waals surface area (Å²) in [6.45, 7) is 2.07. The van der Waals surface area contributed by atoms with Crippen LogP contribution in [0.15, 0.2) is 34.2 Å². The number of thioether (sulfide) groups is 1. The molecule has 28 heavy (non-hydrogen) atoms. The van der Waals surface area contributed by atoms with Crippen LogP contribution in [0.25, 0.3) is 0 Å². The molecule has 1 saturated heterocycles. The number of hydrogen-bond donors (Lipinski definition) is 1. The molecule has 1 aromatic carbocycles. The topological polar surface area (TPSA) is 61.8 Å². The summed E-state index contributed by atoms with van der Waals surface area (Å²) in [6.07, 6.45) is 6.38. The van der Waals surface area contributed by atoms with Crippen LogP contribution in [0.5, 0.6) is 0 Å². The van der Waals surface area contributed by atoms with E-state index in [9.17, 15) is 12.8 Å². The zero-order valence-corrected chi connectivity index (χ0v) is 20.2. The number of hydrogen-bond acceptors (Lipinski definition) is 4. The summed E-state index contributed by atoms with van der Waals surface area (Å²) in [4.78, 5) is 6.36. The normalized spacial score (nSPS) is 19.9. The number of sulfone groups is 1. The zero-order valence-electron chi connectivity index (χ0n) is 16.2. The van der Waals surface area contributed by atoms with Crippen LogP contribution in [0, 0.1) is 5.82 Å². The molecule has 0 aromatic heterocycles. The molecule has 1 aliphatic heterocycles. The van der Waals surface area contributed by atoms with Crippen molar-refractivity contribution in [1.82, 2.24) is 10.2 Å². The van der Waals surface area contributed by atoms with Gasteiger partial charge in [-0.15, -0.1) is 24.0 Å². The molecule has 0 unspecified atom stereocenters. The van der Waals surface area contributed by atoms with Gasteiger partial charge in [-0.1, -0.05) is 31.4 Å². The standard InChI is InChI=1S/C19H28FN3O2S2.HI/c1-21-18(23-12-13-26-19(15-23)9-5-2-6-10-19)22-11-14-27(24,25)17-8-4-3-7-16(17)20;/h3-4,7-8H,2,5-6,9-15H2,1H3,(H,21,22);1H. The predicted octanol–water partition coefficient (Wildman–Crippen LogP) is 3.54. The monoisotopic (exact) mass is 541 g/mol. The minimum Gasteiger partial charge on any atom is -0.355 e. The first-order valence-electron chi connectivity index (χ1n) is 9.53. The maximum Gasteiger partial charge on any atom is 0.193 e. The smallest absolute Gasteiger partial charge is 0.193 e. The first-order chi connectivity index (χ1) is 13.0. The van der Waals surface area contributed by atoms with E-state index in [-0.39, 0.29) is 41.2 Å². The SMILES string of the molecule is CN=C(NCCS(=O)(=O)c1ccccc1F)N1CCSC2(CCCCC2)C1.I. The third kappa shape index (κ3) is 5.75. The van der Waals surface area contributed by atoms with Gasteiger partial charge in [0, 0.05) is 37.2 Å². The Hall–Kier alpha value is -0.550. The number of benzene rings is 1. The lowest BCUT2D eigenvalue weighted by atomic mass is 9.87. The van der Waals surface area contributed by atoms with E-state index >= 15 is 0 Å². The number of rotatable bonds is 4. The van der Waals surface area contributed by atoms with Crippen LogP contribution in [0.4, 0.5) is 4.39 Å². The van der Waals surface area contributed by atoms with Gasteiger partial charge >= 0.3 is 0 Å². The summed E-state index contributed by atoms with van der Waals surface area (Å²) >= 11 is 2.08. The van der Waals surface area contributed by atoms with Crippen molar-refractivity contribution >= 4 is 51.5 Å². The Labute approximate surface area is 188 Å². The molecule has 1 spiro atoms. The lowest BCUT2D eigenvalue weighted by Crippen LogP contribution is -2.53. The Morgan fingerprint density at radius 3 is 2.68 bits per heavy atom. The highest BCUT2D eigenvalue weighted by Crippen LogP contribution is 2.42. The van der Waals surface area contributed by atoms with Gasteiger partial charge in [0.25, 0.3) is 0 Å². The van der Waals surface area contributed by atoms with Gasteiger partial charge in [-0.25, -0.2) is 12.8 Å². The molecule has 0 bridgehead atoms. The average molecular weight is 541 g/mol. The third-order valence-corrected chi connectivity index (χ3v) is 8.63. The highest BCUT2D eigenvalue weighted by Gasteiger charge is 2.38. The molecule has 0 atom stereocenters. The summed E-state index contributed by atoms with van der Waals surface area (Å²) < 4.78 is 38.9. The molecule has 0 amide bonds. The van der Waals surface area contributed by atoms with Crippen LogP contribution >= 0.6 is 35.7 Å². The number of guanidine groups is 1. The highest BCUT2D eigenvalue weighted by atomic mass is 127. The molecule has 3 rings (SSSR count). The second-order valence-electron chi connectivity index (χ2n) is 7.24. The molecule has 1 aromatic rings.